The van der Waals surface area contributed by atoms with Crippen LogP contribution in [0.3, 0.4) is 0 Å². The highest BCUT2D eigenvalue weighted by molar-refractivity contribution is 4.83. The van der Waals surface area contributed by atoms with Crippen molar-refractivity contribution in [3.05, 3.63) is 12.7 Å². The maximum atomic E-state index is 5.88. The lowest BCUT2D eigenvalue weighted by molar-refractivity contribution is -0.0957. The van der Waals surface area contributed by atoms with Gasteiger partial charge in [0.05, 0.1) is 12.2 Å². The summed E-state index contributed by atoms with van der Waals surface area (Å²) in [6.45, 7) is 10.5. The molecule has 70 valence electrons. The third kappa shape index (κ3) is 2.10. The molecule has 0 radical (unpaired) electrons. The third-order valence-corrected chi connectivity index (χ3v) is 2.97. The molecule has 1 rings (SSSR count). The first kappa shape index (κ1) is 9.79. The van der Waals surface area contributed by atoms with Gasteiger partial charge >= 0.3 is 0 Å². The average Bonchev–Trinajstić information content (AvgIpc) is 2.01. The van der Waals surface area contributed by atoms with Crippen LogP contribution in [0, 0.1) is 11.8 Å². The fourth-order valence-electron chi connectivity index (χ4n) is 1.93. The van der Waals surface area contributed by atoms with Crippen LogP contribution in [0.4, 0.5) is 0 Å². The van der Waals surface area contributed by atoms with Gasteiger partial charge in [-0.3, -0.25) is 0 Å². The van der Waals surface area contributed by atoms with E-state index >= 15 is 0 Å². The SMILES string of the molecule is C=CC[C@@H]1O[C@H](C)[C@H](C)C[C@@H]1C. The van der Waals surface area contributed by atoms with Crippen molar-refractivity contribution in [3.63, 3.8) is 0 Å². The number of hydrogen-bond donors (Lipinski definition) is 0. The van der Waals surface area contributed by atoms with Gasteiger partial charge in [-0.1, -0.05) is 19.9 Å². The van der Waals surface area contributed by atoms with E-state index in [0.717, 1.165) is 6.42 Å². The van der Waals surface area contributed by atoms with Gasteiger partial charge in [0.1, 0.15) is 0 Å². The van der Waals surface area contributed by atoms with Gasteiger partial charge in [-0.2, -0.15) is 0 Å². The summed E-state index contributed by atoms with van der Waals surface area (Å²) in [7, 11) is 0. The second-order valence-electron chi connectivity index (χ2n) is 4.09. The number of hydrogen-bond acceptors (Lipinski definition) is 1. The Hall–Kier alpha value is -0.300. The lowest BCUT2D eigenvalue weighted by Gasteiger charge is -2.37. The quantitative estimate of drug-likeness (QED) is 0.576. The zero-order valence-corrected chi connectivity index (χ0v) is 8.42. The minimum absolute atomic E-state index is 0.411. The second kappa shape index (κ2) is 4.08. The van der Waals surface area contributed by atoms with Crippen molar-refractivity contribution in [1.29, 1.82) is 0 Å². The van der Waals surface area contributed by atoms with E-state index in [0.29, 0.717) is 24.0 Å². The van der Waals surface area contributed by atoms with Crippen LogP contribution in [0.25, 0.3) is 0 Å². The van der Waals surface area contributed by atoms with Crippen LogP contribution in [-0.2, 0) is 4.74 Å². The maximum Gasteiger partial charge on any atom is 0.0638 e. The van der Waals surface area contributed by atoms with E-state index in [9.17, 15) is 0 Å². The lowest BCUT2D eigenvalue weighted by atomic mass is 9.85. The summed E-state index contributed by atoms with van der Waals surface area (Å²) in [5.41, 5.74) is 0. The molecule has 1 aliphatic rings. The highest BCUT2D eigenvalue weighted by atomic mass is 16.5. The van der Waals surface area contributed by atoms with Gasteiger partial charge in [-0.05, 0) is 31.6 Å². The van der Waals surface area contributed by atoms with Gasteiger partial charge in [0.2, 0.25) is 0 Å². The molecule has 12 heavy (non-hydrogen) atoms. The van der Waals surface area contributed by atoms with E-state index < -0.39 is 0 Å². The summed E-state index contributed by atoms with van der Waals surface area (Å²) in [5, 5.41) is 0. The average molecular weight is 168 g/mol. The van der Waals surface area contributed by atoms with Gasteiger partial charge < -0.3 is 4.74 Å². The molecule has 0 amide bonds. The Bertz CT molecular complexity index is 153. The molecular formula is C11H20O. The molecular weight excluding hydrogens is 148 g/mol. The largest absolute Gasteiger partial charge is 0.374 e. The highest BCUT2D eigenvalue weighted by Gasteiger charge is 2.29. The molecule has 1 heterocycles. The Morgan fingerprint density at radius 1 is 1.33 bits per heavy atom. The smallest absolute Gasteiger partial charge is 0.0638 e. The molecule has 0 aromatic rings. The molecule has 0 aromatic heterocycles. The predicted octanol–water partition coefficient (Wildman–Crippen LogP) is 3.01. The molecule has 0 bridgehead atoms. The van der Waals surface area contributed by atoms with Gasteiger partial charge in [0.25, 0.3) is 0 Å². The second-order valence-corrected chi connectivity index (χ2v) is 4.09. The number of rotatable bonds is 2. The van der Waals surface area contributed by atoms with Crippen molar-refractivity contribution in [3.8, 4) is 0 Å². The Labute approximate surface area is 75.8 Å². The van der Waals surface area contributed by atoms with Crippen molar-refractivity contribution in [2.75, 3.05) is 0 Å². The molecule has 4 atom stereocenters. The fraction of sp³-hybridized carbons (Fsp3) is 0.818. The minimum Gasteiger partial charge on any atom is -0.374 e. The van der Waals surface area contributed by atoms with Gasteiger partial charge in [0.15, 0.2) is 0 Å². The standard InChI is InChI=1S/C11H20O/c1-5-6-11-9(3)7-8(2)10(4)12-11/h5,8-11H,1,6-7H2,2-4H3/t8-,9+,10-,11+/m1/s1. The first-order valence-electron chi connectivity index (χ1n) is 4.91. The van der Waals surface area contributed by atoms with Crippen LogP contribution in [0.5, 0.6) is 0 Å². The molecule has 0 aliphatic carbocycles. The van der Waals surface area contributed by atoms with E-state index in [2.05, 4.69) is 27.4 Å². The van der Waals surface area contributed by atoms with Crippen molar-refractivity contribution in [2.24, 2.45) is 11.8 Å². The molecule has 0 saturated carbocycles. The van der Waals surface area contributed by atoms with E-state index in [1.54, 1.807) is 0 Å². The molecule has 1 fully saturated rings. The van der Waals surface area contributed by atoms with Crippen LogP contribution in [0.2, 0.25) is 0 Å². The van der Waals surface area contributed by atoms with Crippen molar-refractivity contribution < 1.29 is 4.74 Å². The van der Waals surface area contributed by atoms with Crippen LogP contribution < -0.4 is 0 Å². The molecule has 1 saturated heterocycles. The summed E-state index contributed by atoms with van der Waals surface area (Å²) < 4.78 is 5.88. The molecule has 0 aromatic carbocycles. The fourth-order valence-corrected chi connectivity index (χ4v) is 1.93. The Morgan fingerprint density at radius 3 is 2.58 bits per heavy atom. The summed E-state index contributed by atoms with van der Waals surface area (Å²) in [5.74, 6) is 1.40. The molecule has 1 nitrogen and oxygen atoms in total. The van der Waals surface area contributed by atoms with Gasteiger partial charge in [-0.15, -0.1) is 6.58 Å². The van der Waals surface area contributed by atoms with E-state index in [1.165, 1.54) is 6.42 Å². The van der Waals surface area contributed by atoms with Crippen LogP contribution in [0.15, 0.2) is 12.7 Å². The lowest BCUT2D eigenvalue weighted by Crippen LogP contribution is -2.37. The Morgan fingerprint density at radius 2 is 2.00 bits per heavy atom. The van der Waals surface area contributed by atoms with Crippen molar-refractivity contribution in [1.82, 2.24) is 0 Å². The molecule has 0 unspecified atom stereocenters. The number of ether oxygens (including phenoxy) is 1. The molecule has 0 spiro atoms. The monoisotopic (exact) mass is 168 g/mol. The summed E-state index contributed by atoms with van der Waals surface area (Å²) in [4.78, 5) is 0. The van der Waals surface area contributed by atoms with Crippen LogP contribution in [0.1, 0.15) is 33.6 Å². The summed E-state index contributed by atoms with van der Waals surface area (Å²) in [6, 6.07) is 0. The van der Waals surface area contributed by atoms with E-state index in [-0.39, 0.29) is 0 Å². The first-order valence-corrected chi connectivity index (χ1v) is 4.91. The summed E-state index contributed by atoms with van der Waals surface area (Å²) >= 11 is 0. The summed E-state index contributed by atoms with van der Waals surface area (Å²) in [6.07, 6.45) is 5.08. The Balaban J connectivity index is 2.49. The minimum atomic E-state index is 0.411. The Kier molecular flexibility index (Phi) is 3.33. The molecule has 0 N–H and O–H groups in total. The first-order chi connectivity index (χ1) is 5.65. The highest BCUT2D eigenvalue weighted by Crippen LogP contribution is 2.30. The normalized spacial score (nSPS) is 42.6. The topological polar surface area (TPSA) is 9.23 Å². The maximum absolute atomic E-state index is 5.88. The van der Waals surface area contributed by atoms with E-state index in [1.807, 2.05) is 6.08 Å². The predicted molar refractivity (Wildman–Crippen MR) is 52.1 cm³/mol. The third-order valence-electron chi connectivity index (χ3n) is 2.97. The van der Waals surface area contributed by atoms with Crippen molar-refractivity contribution in [2.45, 2.75) is 45.8 Å². The van der Waals surface area contributed by atoms with E-state index in [4.69, 9.17) is 4.74 Å². The zero-order chi connectivity index (χ0) is 9.14. The van der Waals surface area contributed by atoms with Gasteiger partial charge in [-0.25, -0.2) is 0 Å². The molecule has 1 aliphatic heterocycles. The van der Waals surface area contributed by atoms with Crippen molar-refractivity contribution >= 4 is 0 Å². The molecule has 1 heteroatoms. The van der Waals surface area contributed by atoms with Crippen LogP contribution in [-0.4, -0.2) is 12.2 Å². The van der Waals surface area contributed by atoms with Crippen LogP contribution >= 0.6 is 0 Å². The zero-order valence-electron chi connectivity index (χ0n) is 8.42. The van der Waals surface area contributed by atoms with Gasteiger partial charge in [0, 0.05) is 0 Å².